The van der Waals surface area contributed by atoms with Crippen LogP contribution in [0.15, 0.2) is 36.5 Å². The van der Waals surface area contributed by atoms with E-state index in [1.807, 2.05) is 6.08 Å². The largest absolute Gasteiger partial charge is 0.304 e. The van der Waals surface area contributed by atoms with E-state index < -0.39 is 0 Å². The molecular formula is C13H20N2O. The van der Waals surface area contributed by atoms with Crippen LogP contribution >= 0.6 is 0 Å². The number of carbonyl (C=O) groups excluding carboxylic acids is 1. The third kappa shape index (κ3) is 4.55. The number of likely N-dealkylation sites (N-methyl/N-ethyl adjacent to an activating group) is 1. The lowest BCUT2D eigenvalue weighted by Crippen LogP contribution is -2.44. The van der Waals surface area contributed by atoms with Crippen LogP contribution in [-0.4, -0.2) is 55.9 Å². The molecule has 16 heavy (non-hydrogen) atoms. The minimum atomic E-state index is 0.486. The van der Waals surface area contributed by atoms with E-state index in [-0.39, 0.29) is 0 Å². The lowest BCUT2D eigenvalue weighted by Gasteiger charge is -2.32. The molecule has 0 spiro atoms. The number of hydrogen-bond donors (Lipinski definition) is 0. The molecule has 0 atom stereocenters. The van der Waals surface area contributed by atoms with Gasteiger partial charge < -0.3 is 4.90 Å². The van der Waals surface area contributed by atoms with Crippen LogP contribution in [0.25, 0.3) is 0 Å². The maximum atomic E-state index is 10.3. The van der Waals surface area contributed by atoms with Crippen molar-refractivity contribution in [1.29, 1.82) is 0 Å². The summed E-state index contributed by atoms with van der Waals surface area (Å²) >= 11 is 0. The van der Waals surface area contributed by atoms with Crippen molar-refractivity contribution in [3.8, 4) is 0 Å². The molecule has 1 heterocycles. The Labute approximate surface area is 97.7 Å². The molecule has 1 aliphatic heterocycles. The molecule has 1 aliphatic rings. The Hall–Kier alpha value is -1.19. The molecule has 3 nitrogen and oxygen atoms in total. The molecule has 0 aromatic heterocycles. The van der Waals surface area contributed by atoms with Crippen molar-refractivity contribution in [2.75, 3.05) is 39.8 Å². The second kappa shape index (κ2) is 6.40. The summed E-state index contributed by atoms with van der Waals surface area (Å²) < 4.78 is 0. The van der Waals surface area contributed by atoms with E-state index in [1.165, 1.54) is 0 Å². The van der Waals surface area contributed by atoms with Crippen LogP contribution in [0.2, 0.25) is 0 Å². The minimum Gasteiger partial charge on any atom is -0.304 e. The Morgan fingerprint density at radius 1 is 1.19 bits per heavy atom. The molecule has 0 bridgehead atoms. The third-order valence-corrected chi connectivity index (χ3v) is 2.71. The van der Waals surface area contributed by atoms with Gasteiger partial charge in [0, 0.05) is 38.3 Å². The van der Waals surface area contributed by atoms with Crippen LogP contribution < -0.4 is 0 Å². The predicted molar refractivity (Wildman–Crippen MR) is 67.4 cm³/mol. The third-order valence-electron chi connectivity index (χ3n) is 2.71. The molecule has 0 saturated carbocycles. The van der Waals surface area contributed by atoms with Gasteiger partial charge in [-0.2, -0.15) is 0 Å². The average molecular weight is 220 g/mol. The second-order valence-corrected chi connectivity index (χ2v) is 4.26. The highest BCUT2D eigenvalue weighted by Crippen LogP contribution is 2.04. The number of carbonyl (C=O) groups is 1. The molecule has 0 radical (unpaired) electrons. The standard InChI is InChI=1S/C13H20N2O/c1-12(4-5-13(2)11-16)10-15-8-6-14(3)7-9-15/h4-5,11H,1-2,6-10H2,3H3/b5-4-. The van der Waals surface area contributed by atoms with Crippen molar-refractivity contribution in [2.45, 2.75) is 0 Å². The van der Waals surface area contributed by atoms with E-state index in [0.717, 1.165) is 44.6 Å². The first kappa shape index (κ1) is 12.9. The highest BCUT2D eigenvalue weighted by atomic mass is 16.1. The topological polar surface area (TPSA) is 23.6 Å². The highest BCUT2D eigenvalue weighted by molar-refractivity contribution is 5.76. The Balaban J connectivity index is 2.31. The Bertz CT molecular complexity index is 299. The van der Waals surface area contributed by atoms with Gasteiger partial charge in [0.25, 0.3) is 0 Å². The zero-order valence-electron chi connectivity index (χ0n) is 9.98. The van der Waals surface area contributed by atoms with E-state index in [9.17, 15) is 4.79 Å². The molecule has 88 valence electrons. The number of hydrogen-bond acceptors (Lipinski definition) is 3. The number of rotatable bonds is 5. The first-order valence-electron chi connectivity index (χ1n) is 5.52. The summed E-state index contributed by atoms with van der Waals surface area (Å²) in [6.07, 6.45) is 4.33. The van der Waals surface area contributed by atoms with Crippen molar-refractivity contribution in [3.63, 3.8) is 0 Å². The first-order valence-corrected chi connectivity index (χ1v) is 5.52. The van der Waals surface area contributed by atoms with Gasteiger partial charge in [0.2, 0.25) is 0 Å². The highest BCUT2D eigenvalue weighted by Gasteiger charge is 2.13. The fourth-order valence-electron chi connectivity index (χ4n) is 1.61. The monoisotopic (exact) mass is 220 g/mol. The molecular weight excluding hydrogens is 200 g/mol. The molecule has 1 rings (SSSR count). The van der Waals surface area contributed by atoms with E-state index in [2.05, 4.69) is 30.0 Å². The molecule has 0 amide bonds. The number of nitrogens with zero attached hydrogens (tertiary/aromatic N) is 2. The van der Waals surface area contributed by atoms with Gasteiger partial charge in [0.05, 0.1) is 0 Å². The van der Waals surface area contributed by atoms with Gasteiger partial charge in [-0.05, 0) is 12.6 Å². The number of aldehydes is 1. The van der Waals surface area contributed by atoms with Crippen molar-refractivity contribution >= 4 is 6.29 Å². The summed E-state index contributed by atoms with van der Waals surface area (Å²) in [6, 6.07) is 0. The zero-order valence-corrected chi connectivity index (χ0v) is 9.98. The van der Waals surface area contributed by atoms with Crippen molar-refractivity contribution in [1.82, 2.24) is 9.80 Å². The van der Waals surface area contributed by atoms with Gasteiger partial charge in [-0.25, -0.2) is 0 Å². The number of piperazine rings is 1. The summed E-state index contributed by atoms with van der Waals surface area (Å²) in [5.74, 6) is 0. The maximum Gasteiger partial charge on any atom is 0.149 e. The van der Waals surface area contributed by atoms with Crippen LogP contribution in [0.5, 0.6) is 0 Å². The predicted octanol–water partition coefficient (Wildman–Crippen LogP) is 1.10. The molecule has 0 aromatic carbocycles. The first-order chi connectivity index (χ1) is 7.61. The van der Waals surface area contributed by atoms with Gasteiger partial charge in [0.15, 0.2) is 0 Å². The summed E-state index contributed by atoms with van der Waals surface area (Å²) in [5.41, 5.74) is 1.51. The molecule has 1 fully saturated rings. The van der Waals surface area contributed by atoms with E-state index >= 15 is 0 Å². The lowest BCUT2D eigenvalue weighted by molar-refractivity contribution is -0.104. The van der Waals surface area contributed by atoms with Gasteiger partial charge in [0.1, 0.15) is 6.29 Å². The smallest absolute Gasteiger partial charge is 0.149 e. The SMILES string of the molecule is C=C(C=O)/C=C\C(=C)CN1CCN(C)CC1. The van der Waals surface area contributed by atoms with Crippen LogP contribution in [0.3, 0.4) is 0 Å². The van der Waals surface area contributed by atoms with Gasteiger partial charge in [-0.15, -0.1) is 0 Å². The Morgan fingerprint density at radius 3 is 2.38 bits per heavy atom. The fraction of sp³-hybridized carbons (Fsp3) is 0.462. The molecule has 1 saturated heterocycles. The molecule has 0 aromatic rings. The normalized spacial score (nSPS) is 18.8. The summed E-state index contributed by atoms with van der Waals surface area (Å²) in [5, 5.41) is 0. The summed E-state index contributed by atoms with van der Waals surface area (Å²) in [4.78, 5) is 15.0. The summed E-state index contributed by atoms with van der Waals surface area (Å²) in [7, 11) is 2.14. The van der Waals surface area contributed by atoms with Crippen molar-refractivity contribution in [2.24, 2.45) is 0 Å². The van der Waals surface area contributed by atoms with Crippen LogP contribution in [0.4, 0.5) is 0 Å². The van der Waals surface area contributed by atoms with E-state index in [1.54, 1.807) is 6.08 Å². The Kier molecular flexibility index (Phi) is 5.15. The minimum absolute atomic E-state index is 0.486. The lowest BCUT2D eigenvalue weighted by atomic mass is 10.2. The Morgan fingerprint density at radius 2 is 1.81 bits per heavy atom. The van der Waals surface area contributed by atoms with Crippen LogP contribution in [0.1, 0.15) is 0 Å². The maximum absolute atomic E-state index is 10.3. The van der Waals surface area contributed by atoms with E-state index in [0.29, 0.717) is 5.57 Å². The van der Waals surface area contributed by atoms with Crippen molar-refractivity contribution < 1.29 is 4.79 Å². The molecule has 0 aliphatic carbocycles. The molecule has 0 unspecified atom stereocenters. The quantitative estimate of drug-likeness (QED) is 0.394. The van der Waals surface area contributed by atoms with Crippen LogP contribution in [-0.2, 0) is 4.79 Å². The fourth-order valence-corrected chi connectivity index (χ4v) is 1.61. The van der Waals surface area contributed by atoms with Crippen molar-refractivity contribution in [3.05, 3.63) is 36.5 Å². The van der Waals surface area contributed by atoms with Gasteiger partial charge in [-0.1, -0.05) is 25.3 Å². The number of allylic oxidation sites excluding steroid dienone is 2. The zero-order chi connectivity index (χ0) is 12.0. The van der Waals surface area contributed by atoms with Gasteiger partial charge >= 0.3 is 0 Å². The van der Waals surface area contributed by atoms with Gasteiger partial charge in [-0.3, -0.25) is 9.69 Å². The molecule has 3 heteroatoms. The van der Waals surface area contributed by atoms with E-state index in [4.69, 9.17) is 0 Å². The average Bonchev–Trinajstić information content (AvgIpc) is 2.29. The second-order valence-electron chi connectivity index (χ2n) is 4.26. The molecule has 0 N–H and O–H groups in total. The van der Waals surface area contributed by atoms with Crippen LogP contribution in [0, 0.1) is 0 Å². The summed E-state index contributed by atoms with van der Waals surface area (Å²) in [6.45, 7) is 12.8.